The summed E-state index contributed by atoms with van der Waals surface area (Å²) in [5, 5.41) is 2.97. The molecule has 0 amide bonds. The van der Waals surface area contributed by atoms with Crippen LogP contribution < -0.4 is 16.6 Å². The molecule has 9 heteroatoms. The van der Waals surface area contributed by atoms with Crippen molar-refractivity contribution < 1.29 is 8.42 Å². The van der Waals surface area contributed by atoms with Gasteiger partial charge in [-0.3, -0.25) is 5.43 Å². The Labute approximate surface area is 108 Å². The quantitative estimate of drug-likeness (QED) is 0.530. The number of hydrogen-bond acceptors (Lipinski definition) is 7. The molecule has 0 fully saturated rings. The summed E-state index contributed by atoms with van der Waals surface area (Å²) in [6.45, 7) is 1.76. The predicted octanol–water partition coefficient (Wildman–Crippen LogP) is 0.370. The SMILES string of the molecule is CC(CS(C)(=O)=O)Nc1nc(NN)ncc1Br. The lowest BCUT2D eigenvalue weighted by Gasteiger charge is -2.14. The summed E-state index contributed by atoms with van der Waals surface area (Å²) in [4.78, 5) is 7.95. The molecule has 1 aromatic rings. The van der Waals surface area contributed by atoms with Crippen molar-refractivity contribution in [3.8, 4) is 0 Å². The van der Waals surface area contributed by atoms with Crippen molar-refractivity contribution >= 4 is 37.5 Å². The molecule has 0 saturated carbocycles. The van der Waals surface area contributed by atoms with Gasteiger partial charge in [0.25, 0.3) is 0 Å². The molecule has 1 unspecified atom stereocenters. The molecule has 1 aromatic heterocycles. The fraction of sp³-hybridized carbons (Fsp3) is 0.500. The first-order valence-corrected chi connectivity index (χ1v) is 7.60. The maximum Gasteiger partial charge on any atom is 0.239 e. The van der Waals surface area contributed by atoms with E-state index < -0.39 is 9.84 Å². The van der Waals surface area contributed by atoms with Gasteiger partial charge in [-0.1, -0.05) is 0 Å². The molecule has 0 aliphatic rings. The Morgan fingerprint density at radius 2 is 2.24 bits per heavy atom. The number of rotatable bonds is 5. The van der Waals surface area contributed by atoms with Crippen LogP contribution in [0.4, 0.5) is 11.8 Å². The molecule has 1 rings (SSSR count). The molecule has 0 saturated heterocycles. The van der Waals surface area contributed by atoms with Gasteiger partial charge < -0.3 is 5.32 Å². The van der Waals surface area contributed by atoms with Crippen molar-refractivity contribution in [2.45, 2.75) is 13.0 Å². The Kier molecular flexibility index (Phi) is 4.66. The lowest BCUT2D eigenvalue weighted by atomic mass is 10.4. The fourth-order valence-corrected chi connectivity index (χ4v) is 2.56. The number of anilines is 2. The lowest BCUT2D eigenvalue weighted by molar-refractivity contribution is 0.598. The normalized spacial score (nSPS) is 13.2. The first-order valence-electron chi connectivity index (χ1n) is 4.75. The summed E-state index contributed by atoms with van der Waals surface area (Å²) < 4.78 is 22.9. The molecule has 96 valence electrons. The number of sulfone groups is 1. The van der Waals surface area contributed by atoms with Crippen molar-refractivity contribution in [1.29, 1.82) is 0 Å². The van der Waals surface area contributed by atoms with Crippen LogP contribution in [0.15, 0.2) is 10.7 Å². The van der Waals surface area contributed by atoms with Crippen molar-refractivity contribution in [2.24, 2.45) is 5.84 Å². The Morgan fingerprint density at radius 1 is 1.59 bits per heavy atom. The smallest absolute Gasteiger partial charge is 0.239 e. The Bertz CT molecular complexity index is 493. The van der Waals surface area contributed by atoms with Crippen LogP contribution in [-0.4, -0.2) is 36.4 Å². The Balaban J connectivity index is 2.80. The molecule has 1 atom stereocenters. The number of nitrogens with one attached hydrogen (secondary N) is 2. The molecule has 0 aromatic carbocycles. The maximum atomic E-state index is 11.1. The van der Waals surface area contributed by atoms with Crippen LogP contribution >= 0.6 is 15.9 Å². The largest absolute Gasteiger partial charge is 0.365 e. The summed E-state index contributed by atoms with van der Waals surface area (Å²) in [7, 11) is -3.03. The third kappa shape index (κ3) is 4.84. The highest BCUT2D eigenvalue weighted by molar-refractivity contribution is 9.10. The summed E-state index contributed by atoms with van der Waals surface area (Å²) in [5.74, 6) is 5.95. The average molecular weight is 324 g/mol. The summed E-state index contributed by atoms with van der Waals surface area (Å²) in [6, 6.07) is -0.262. The Hall–Kier alpha value is -0.930. The zero-order valence-corrected chi connectivity index (χ0v) is 11.8. The average Bonchev–Trinajstić information content (AvgIpc) is 2.18. The number of aromatic nitrogens is 2. The monoisotopic (exact) mass is 323 g/mol. The summed E-state index contributed by atoms with van der Waals surface area (Å²) in [6.07, 6.45) is 2.71. The third-order valence-electron chi connectivity index (χ3n) is 1.81. The molecule has 1 heterocycles. The number of nitrogen functional groups attached to an aromatic ring is 1. The number of nitrogens with zero attached hydrogens (tertiary/aromatic N) is 2. The van der Waals surface area contributed by atoms with Crippen molar-refractivity contribution in [3.05, 3.63) is 10.7 Å². The van der Waals surface area contributed by atoms with Gasteiger partial charge in [0.15, 0.2) is 0 Å². The van der Waals surface area contributed by atoms with E-state index in [1.807, 2.05) is 0 Å². The van der Waals surface area contributed by atoms with E-state index in [0.717, 1.165) is 0 Å². The Morgan fingerprint density at radius 3 is 2.76 bits per heavy atom. The van der Waals surface area contributed by atoms with E-state index in [0.29, 0.717) is 10.3 Å². The van der Waals surface area contributed by atoms with Crippen LogP contribution in [0.25, 0.3) is 0 Å². The molecule has 0 aliphatic heterocycles. The minimum Gasteiger partial charge on any atom is -0.365 e. The van der Waals surface area contributed by atoms with E-state index in [4.69, 9.17) is 5.84 Å². The van der Waals surface area contributed by atoms with Gasteiger partial charge in [0.2, 0.25) is 5.95 Å². The zero-order valence-electron chi connectivity index (χ0n) is 9.44. The maximum absolute atomic E-state index is 11.1. The van der Waals surface area contributed by atoms with Gasteiger partial charge in [0.1, 0.15) is 15.7 Å². The molecular formula is C8H14BrN5O2S. The molecular weight excluding hydrogens is 310 g/mol. The summed E-state index contributed by atoms with van der Waals surface area (Å²) >= 11 is 3.26. The van der Waals surface area contributed by atoms with Gasteiger partial charge in [0.05, 0.1) is 10.2 Å². The van der Waals surface area contributed by atoms with Crippen LogP contribution in [0.3, 0.4) is 0 Å². The van der Waals surface area contributed by atoms with Gasteiger partial charge in [-0.05, 0) is 22.9 Å². The molecule has 0 bridgehead atoms. The molecule has 0 radical (unpaired) electrons. The van der Waals surface area contributed by atoms with Crippen molar-refractivity contribution in [1.82, 2.24) is 9.97 Å². The van der Waals surface area contributed by atoms with Crippen LogP contribution in [0, 0.1) is 0 Å². The molecule has 0 spiro atoms. The second-order valence-electron chi connectivity index (χ2n) is 3.67. The highest BCUT2D eigenvalue weighted by Gasteiger charge is 2.13. The van der Waals surface area contributed by atoms with Gasteiger partial charge in [-0.15, -0.1) is 0 Å². The lowest BCUT2D eigenvalue weighted by Crippen LogP contribution is -2.26. The van der Waals surface area contributed by atoms with E-state index in [2.05, 4.69) is 36.6 Å². The number of nitrogens with two attached hydrogens (primary N) is 1. The second kappa shape index (κ2) is 5.61. The molecule has 17 heavy (non-hydrogen) atoms. The standard InChI is InChI=1S/C8H14BrN5O2S/c1-5(4-17(2,15)16)12-7-6(9)3-11-8(13-7)14-10/h3,5H,4,10H2,1-2H3,(H2,11,12,13,14). The highest BCUT2D eigenvalue weighted by atomic mass is 79.9. The minimum atomic E-state index is -3.03. The van der Waals surface area contributed by atoms with Crippen molar-refractivity contribution in [2.75, 3.05) is 22.8 Å². The minimum absolute atomic E-state index is 0.0226. The zero-order chi connectivity index (χ0) is 13.1. The van der Waals surface area contributed by atoms with Gasteiger partial charge >= 0.3 is 0 Å². The van der Waals surface area contributed by atoms with E-state index in [9.17, 15) is 8.42 Å². The number of hydrogen-bond donors (Lipinski definition) is 3. The molecule has 4 N–H and O–H groups in total. The van der Waals surface area contributed by atoms with Gasteiger partial charge in [0, 0.05) is 18.5 Å². The highest BCUT2D eigenvalue weighted by Crippen LogP contribution is 2.20. The van der Waals surface area contributed by atoms with Crippen LogP contribution in [-0.2, 0) is 9.84 Å². The van der Waals surface area contributed by atoms with Crippen molar-refractivity contribution in [3.63, 3.8) is 0 Å². The van der Waals surface area contributed by atoms with Gasteiger partial charge in [-0.25, -0.2) is 19.2 Å². The first-order chi connectivity index (χ1) is 7.81. The van der Waals surface area contributed by atoms with E-state index >= 15 is 0 Å². The summed E-state index contributed by atoms with van der Waals surface area (Å²) in [5.41, 5.74) is 2.31. The molecule has 0 aliphatic carbocycles. The second-order valence-corrected chi connectivity index (χ2v) is 6.71. The van der Waals surface area contributed by atoms with Crippen LogP contribution in [0.2, 0.25) is 0 Å². The first kappa shape index (κ1) is 14.1. The molecule has 7 nitrogen and oxygen atoms in total. The number of halogens is 1. The van der Waals surface area contributed by atoms with E-state index in [-0.39, 0.29) is 17.7 Å². The van der Waals surface area contributed by atoms with E-state index in [1.165, 1.54) is 12.5 Å². The topological polar surface area (TPSA) is 110 Å². The van der Waals surface area contributed by atoms with Crippen LogP contribution in [0.1, 0.15) is 6.92 Å². The predicted molar refractivity (Wildman–Crippen MR) is 70.3 cm³/mol. The van der Waals surface area contributed by atoms with Crippen LogP contribution in [0.5, 0.6) is 0 Å². The fourth-order valence-electron chi connectivity index (χ4n) is 1.27. The third-order valence-corrected chi connectivity index (χ3v) is 3.49. The number of hydrazine groups is 1. The van der Waals surface area contributed by atoms with E-state index in [1.54, 1.807) is 6.92 Å². The van der Waals surface area contributed by atoms with Gasteiger partial charge in [-0.2, -0.15) is 4.98 Å².